The fourth-order valence-corrected chi connectivity index (χ4v) is 6.00. The van der Waals surface area contributed by atoms with Crippen molar-refractivity contribution in [3.8, 4) is 17.2 Å². The van der Waals surface area contributed by atoms with E-state index < -0.39 is 34.0 Å². The van der Waals surface area contributed by atoms with Crippen molar-refractivity contribution in [1.29, 1.82) is 5.26 Å². The Morgan fingerprint density at radius 1 is 1.06 bits per heavy atom. The molecule has 1 aliphatic rings. The lowest BCUT2D eigenvalue weighted by Crippen LogP contribution is -2.49. The van der Waals surface area contributed by atoms with E-state index in [0.29, 0.717) is 5.02 Å². The van der Waals surface area contributed by atoms with Gasteiger partial charge in [-0.2, -0.15) is 9.57 Å². The summed E-state index contributed by atoms with van der Waals surface area (Å²) >= 11 is 5.94. The summed E-state index contributed by atoms with van der Waals surface area (Å²) in [6.45, 7) is -0.473. The van der Waals surface area contributed by atoms with Gasteiger partial charge in [0.15, 0.2) is 0 Å². The molecule has 0 N–H and O–H groups in total. The van der Waals surface area contributed by atoms with Gasteiger partial charge in [0.2, 0.25) is 10.0 Å². The molecule has 4 rings (SSSR count). The molecule has 0 unspecified atom stereocenters. The van der Waals surface area contributed by atoms with Crippen molar-refractivity contribution >= 4 is 27.6 Å². The third-order valence-corrected chi connectivity index (χ3v) is 8.11. The number of carbonyl (C=O) groups is 1. The van der Waals surface area contributed by atoms with Crippen molar-refractivity contribution in [2.75, 3.05) is 13.7 Å². The van der Waals surface area contributed by atoms with Crippen LogP contribution >= 0.6 is 11.6 Å². The van der Waals surface area contributed by atoms with E-state index in [1.54, 1.807) is 24.3 Å². The number of sulfonamides is 1. The number of nitriles is 1. The molecule has 1 fully saturated rings. The number of methoxy groups -OCH3 is 1. The smallest absolute Gasteiger partial charge is 0.328 e. The predicted molar refractivity (Wildman–Crippen MR) is 125 cm³/mol. The monoisotopic (exact) mass is 480 g/mol. The Morgan fingerprint density at radius 3 is 2.18 bits per heavy atom. The highest BCUT2D eigenvalue weighted by Gasteiger charge is 2.68. The van der Waals surface area contributed by atoms with E-state index in [4.69, 9.17) is 16.3 Å². The van der Waals surface area contributed by atoms with E-state index in [1.165, 1.54) is 19.2 Å². The molecule has 0 aromatic heterocycles. The lowest BCUT2D eigenvalue weighted by Gasteiger charge is -2.28. The zero-order valence-electron chi connectivity index (χ0n) is 17.8. The van der Waals surface area contributed by atoms with E-state index in [9.17, 15) is 18.5 Å². The zero-order chi connectivity index (χ0) is 23.6. The molecule has 0 bridgehead atoms. The van der Waals surface area contributed by atoms with Crippen molar-refractivity contribution in [2.45, 2.75) is 22.8 Å². The highest BCUT2D eigenvalue weighted by atomic mass is 35.5. The molecular formula is C25H21ClN2O4S. The number of carbonyl (C=O) groups excluding carboxylic acids is 1. The second kappa shape index (κ2) is 8.99. The summed E-state index contributed by atoms with van der Waals surface area (Å²) in [5.74, 6) is -1.07. The average molecular weight is 481 g/mol. The summed E-state index contributed by atoms with van der Waals surface area (Å²) in [7, 11) is -2.95. The minimum Gasteiger partial charge on any atom is -0.468 e. The number of hydrogen-bond donors (Lipinski definition) is 0. The fourth-order valence-electron chi connectivity index (χ4n) is 4.20. The van der Waals surface area contributed by atoms with Crippen LogP contribution in [0.1, 0.15) is 17.9 Å². The highest BCUT2D eigenvalue weighted by molar-refractivity contribution is 7.89. The molecule has 8 heteroatoms. The summed E-state index contributed by atoms with van der Waals surface area (Å²) in [5.41, 5.74) is 1.06. The summed E-state index contributed by atoms with van der Waals surface area (Å²) in [6.07, 6.45) is 0.244. The van der Waals surface area contributed by atoms with E-state index in [-0.39, 0.29) is 11.3 Å². The molecule has 33 heavy (non-hydrogen) atoms. The molecule has 0 radical (unpaired) electrons. The second-order valence-electron chi connectivity index (χ2n) is 7.78. The first-order chi connectivity index (χ1) is 15.8. The number of esters is 1. The molecule has 0 heterocycles. The zero-order valence-corrected chi connectivity index (χ0v) is 19.4. The second-order valence-corrected chi connectivity index (χ2v) is 10.1. The van der Waals surface area contributed by atoms with Crippen molar-refractivity contribution < 1.29 is 17.9 Å². The van der Waals surface area contributed by atoms with Gasteiger partial charge in [0.05, 0.1) is 18.1 Å². The van der Waals surface area contributed by atoms with Crippen molar-refractivity contribution in [3.05, 3.63) is 89.4 Å². The maximum atomic E-state index is 13.6. The molecule has 0 saturated heterocycles. The first-order valence-corrected chi connectivity index (χ1v) is 12.1. The van der Waals surface area contributed by atoms with Crippen LogP contribution < -0.4 is 0 Å². The average Bonchev–Trinajstić information content (AvgIpc) is 3.59. The number of ether oxygens (including phenoxy) is 1. The molecule has 0 spiro atoms. The van der Waals surface area contributed by atoms with Crippen LogP contribution in [0, 0.1) is 11.3 Å². The van der Waals surface area contributed by atoms with Crippen LogP contribution in [0.5, 0.6) is 0 Å². The van der Waals surface area contributed by atoms with E-state index in [2.05, 4.69) is 0 Å². The van der Waals surface area contributed by atoms with Gasteiger partial charge in [0, 0.05) is 10.9 Å². The van der Waals surface area contributed by atoms with Gasteiger partial charge in [-0.1, -0.05) is 66.2 Å². The third-order valence-electron chi connectivity index (χ3n) is 5.95. The lowest BCUT2D eigenvalue weighted by atomic mass is 10.1. The van der Waals surface area contributed by atoms with Gasteiger partial charge in [0.25, 0.3) is 0 Å². The van der Waals surface area contributed by atoms with E-state index in [0.717, 1.165) is 21.0 Å². The Labute approximate surface area is 198 Å². The number of halogens is 1. The molecule has 3 aromatic carbocycles. The molecule has 1 aliphatic carbocycles. The Bertz CT molecular complexity index is 1300. The number of rotatable bonds is 7. The van der Waals surface area contributed by atoms with Crippen LogP contribution in [0.2, 0.25) is 5.02 Å². The van der Waals surface area contributed by atoms with Crippen LogP contribution in [0.15, 0.2) is 83.8 Å². The van der Waals surface area contributed by atoms with Gasteiger partial charge in [-0.05, 0) is 47.4 Å². The van der Waals surface area contributed by atoms with Gasteiger partial charge in [-0.15, -0.1) is 0 Å². The van der Waals surface area contributed by atoms with Gasteiger partial charge < -0.3 is 4.74 Å². The van der Waals surface area contributed by atoms with Gasteiger partial charge in [-0.25, -0.2) is 13.2 Å². The molecule has 2 atom stereocenters. The Hall–Kier alpha value is -3.18. The van der Waals surface area contributed by atoms with Crippen molar-refractivity contribution in [2.24, 2.45) is 0 Å². The minimum absolute atomic E-state index is 0.00236. The summed E-state index contributed by atoms with van der Waals surface area (Å²) in [4.78, 5) is 12.9. The van der Waals surface area contributed by atoms with Gasteiger partial charge >= 0.3 is 5.97 Å². The fraction of sp³-hybridized carbons (Fsp3) is 0.200. The van der Waals surface area contributed by atoms with Crippen LogP contribution in [0.4, 0.5) is 0 Å². The lowest BCUT2D eigenvalue weighted by molar-refractivity contribution is -0.146. The Balaban J connectivity index is 1.72. The van der Waals surface area contributed by atoms with Gasteiger partial charge in [-0.3, -0.25) is 0 Å². The van der Waals surface area contributed by atoms with E-state index >= 15 is 0 Å². The molecule has 168 valence electrons. The molecule has 0 amide bonds. The number of benzene rings is 3. The minimum atomic E-state index is -4.17. The number of hydrogen-bond acceptors (Lipinski definition) is 5. The largest absolute Gasteiger partial charge is 0.468 e. The maximum Gasteiger partial charge on any atom is 0.328 e. The normalized spacial score (nSPS) is 19.6. The predicted octanol–water partition coefficient (Wildman–Crippen LogP) is 4.62. The Kier molecular flexibility index (Phi) is 6.26. The topological polar surface area (TPSA) is 87.5 Å². The van der Waals surface area contributed by atoms with Crippen molar-refractivity contribution in [1.82, 2.24) is 4.31 Å². The molecule has 1 saturated carbocycles. The van der Waals surface area contributed by atoms with Crippen molar-refractivity contribution in [3.63, 3.8) is 0 Å². The van der Waals surface area contributed by atoms with Gasteiger partial charge in [0.1, 0.15) is 12.1 Å². The third kappa shape index (κ3) is 4.13. The SMILES string of the molecule is COC(=O)[C@@]1(N(CC#N)S(=O)(=O)c2ccc(-c3ccc(Cl)cc3)cc2)C[C@H]1c1ccccc1. The first kappa shape index (κ1) is 23.0. The number of nitrogens with zero attached hydrogens (tertiary/aromatic N) is 2. The maximum absolute atomic E-state index is 13.6. The molecule has 6 nitrogen and oxygen atoms in total. The molecular weight excluding hydrogens is 460 g/mol. The molecule has 0 aliphatic heterocycles. The standard InChI is InChI=1S/C25H21ClN2O4S/c1-32-24(29)25(17-23(25)20-5-3-2-4-6-20)28(16-15-27)33(30,31)22-13-9-19(10-14-22)18-7-11-21(26)12-8-18/h2-14,23H,16-17H2,1H3/t23-,25+/m0/s1. The quantitative estimate of drug-likeness (QED) is 0.363. The van der Waals surface area contributed by atoms with Crippen LogP contribution in [-0.2, 0) is 19.6 Å². The van der Waals surface area contributed by atoms with Crippen LogP contribution in [0.3, 0.4) is 0 Å². The highest BCUT2D eigenvalue weighted by Crippen LogP contribution is 2.57. The summed E-state index contributed by atoms with van der Waals surface area (Å²) in [6, 6.07) is 24.6. The van der Waals surface area contributed by atoms with Crippen LogP contribution in [-0.4, -0.2) is 37.9 Å². The molecule has 3 aromatic rings. The van der Waals surface area contributed by atoms with E-state index in [1.807, 2.05) is 48.5 Å². The Morgan fingerprint density at radius 2 is 1.64 bits per heavy atom. The summed E-state index contributed by atoms with van der Waals surface area (Å²) < 4.78 is 33.3. The first-order valence-electron chi connectivity index (χ1n) is 10.2. The van der Waals surface area contributed by atoms with Crippen LogP contribution in [0.25, 0.3) is 11.1 Å². The summed E-state index contributed by atoms with van der Waals surface area (Å²) in [5, 5.41) is 10.1.